The molecule has 0 aliphatic carbocycles. The summed E-state index contributed by atoms with van der Waals surface area (Å²) in [5.74, 6) is 0.269. The van der Waals surface area contributed by atoms with Crippen molar-refractivity contribution in [1.29, 1.82) is 0 Å². The Labute approximate surface area is 125 Å². The average Bonchev–Trinajstić information content (AvgIpc) is 3.18. The zero-order chi connectivity index (χ0) is 15.4. The summed E-state index contributed by atoms with van der Waals surface area (Å²) in [5, 5.41) is 19.8. The maximum Gasteiger partial charge on any atom is 0.291 e. The smallest absolute Gasteiger partial charge is 0.291 e. The van der Waals surface area contributed by atoms with Crippen LogP contribution in [-0.2, 0) is 0 Å². The number of phenolic OH excluding ortho intramolecular Hbond substituents is 1. The van der Waals surface area contributed by atoms with Gasteiger partial charge in [0.15, 0.2) is 11.5 Å². The Morgan fingerprint density at radius 3 is 3.00 bits per heavy atom. The highest BCUT2D eigenvalue weighted by Gasteiger charge is 2.11. The summed E-state index contributed by atoms with van der Waals surface area (Å²) in [6, 6.07) is 11.6. The zero-order valence-corrected chi connectivity index (χ0v) is 11.4. The van der Waals surface area contributed by atoms with Crippen LogP contribution in [-0.4, -0.2) is 27.4 Å². The van der Waals surface area contributed by atoms with Crippen LogP contribution in [0.5, 0.6) is 5.75 Å². The fraction of sp³-hybridized carbons (Fsp3) is 0. The normalized spacial score (nSPS) is 10.9. The van der Waals surface area contributed by atoms with E-state index in [0.29, 0.717) is 17.0 Å². The first-order chi connectivity index (χ1) is 10.7. The van der Waals surface area contributed by atoms with Crippen LogP contribution in [0.2, 0.25) is 0 Å². The fourth-order valence-electron chi connectivity index (χ4n) is 1.82. The predicted octanol–water partition coefficient (Wildman–Crippen LogP) is 2.14. The van der Waals surface area contributed by atoms with Gasteiger partial charge in [0.2, 0.25) is 0 Å². The molecule has 3 aromatic rings. The lowest BCUT2D eigenvalue weighted by Gasteiger charge is -1.96. The third-order valence-electron chi connectivity index (χ3n) is 2.85. The lowest BCUT2D eigenvalue weighted by Crippen LogP contribution is -2.17. The van der Waals surface area contributed by atoms with Gasteiger partial charge in [0.05, 0.1) is 12.5 Å². The number of H-pyrrole nitrogens is 1. The molecule has 0 radical (unpaired) electrons. The molecule has 0 aliphatic rings. The lowest BCUT2D eigenvalue weighted by molar-refractivity contribution is 0.0950. The predicted molar refractivity (Wildman–Crippen MR) is 79.5 cm³/mol. The maximum atomic E-state index is 11.9. The van der Waals surface area contributed by atoms with E-state index in [4.69, 9.17) is 4.42 Å². The summed E-state index contributed by atoms with van der Waals surface area (Å²) in [6.07, 6.45) is 2.97. The summed E-state index contributed by atoms with van der Waals surface area (Å²) in [5.41, 5.74) is 3.82. The Morgan fingerprint density at radius 1 is 1.32 bits per heavy atom. The van der Waals surface area contributed by atoms with Gasteiger partial charge in [0.25, 0.3) is 5.91 Å². The maximum absolute atomic E-state index is 11.9. The van der Waals surface area contributed by atoms with Gasteiger partial charge < -0.3 is 9.52 Å². The van der Waals surface area contributed by atoms with Crippen molar-refractivity contribution in [3.05, 3.63) is 60.0 Å². The number of hydrogen-bond donors (Lipinski definition) is 3. The van der Waals surface area contributed by atoms with Crippen LogP contribution in [0.1, 0.15) is 16.1 Å². The Kier molecular flexibility index (Phi) is 3.69. The highest BCUT2D eigenvalue weighted by atomic mass is 16.3. The molecule has 1 amide bonds. The molecule has 22 heavy (non-hydrogen) atoms. The highest BCUT2D eigenvalue weighted by Crippen LogP contribution is 2.17. The molecular weight excluding hydrogens is 284 g/mol. The minimum Gasteiger partial charge on any atom is -0.508 e. The summed E-state index contributed by atoms with van der Waals surface area (Å²) in [6.45, 7) is 0. The summed E-state index contributed by atoms with van der Waals surface area (Å²) < 4.78 is 5.21. The van der Waals surface area contributed by atoms with Gasteiger partial charge in [-0.3, -0.25) is 9.89 Å². The molecule has 1 aromatic carbocycles. The van der Waals surface area contributed by atoms with E-state index in [1.54, 1.807) is 36.4 Å². The van der Waals surface area contributed by atoms with E-state index in [2.05, 4.69) is 20.7 Å². The van der Waals surface area contributed by atoms with Crippen LogP contribution >= 0.6 is 0 Å². The van der Waals surface area contributed by atoms with Crippen LogP contribution in [0.25, 0.3) is 11.5 Å². The molecule has 2 heterocycles. The van der Waals surface area contributed by atoms with Crippen molar-refractivity contribution in [2.24, 2.45) is 5.10 Å². The molecule has 0 atom stereocenters. The monoisotopic (exact) mass is 296 g/mol. The summed E-state index contributed by atoms with van der Waals surface area (Å²) >= 11 is 0. The van der Waals surface area contributed by atoms with Gasteiger partial charge in [-0.1, -0.05) is 12.1 Å². The van der Waals surface area contributed by atoms with Crippen molar-refractivity contribution in [3.8, 4) is 17.2 Å². The second kappa shape index (κ2) is 5.96. The Bertz CT molecular complexity index is 806. The van der Waals surface area contributed by atoms with E-state index >= 15 is 0 Å². The molecule has 0 spiro atoms. The van der Waals surface area contributed by atoms with Gasteiger partial charge in [-0.15, -0.1) is 0 Å². The van der Waals surface area contributed by atoms with Gasteiger partial charge in [-0.2, -0.15) is 10.2 Å². The first-order valence-corrected chi connectivity index (χ1v) is 6.44. The number of nitrogens with zero attached hydrogens (tertiary/aromatic N) is 2. The van der Waals surface area contributed by atoms with E-state index in [1.165, 1.54) is 18.5 Å². The SMILES string of the molecule is O=C(N/N=C\c1cccc(O)c1)c1cc(-c2ccco2)[nH]n1. The largest absolute Gasteiger partial charge is 0.508 e. The lowest BCUT2D eigenvalue weighted by atomic mass is 10.2. The second-order valence-electron chi connectivity index (χ2n) is 4.44. The minimum atomic E-state index is -0.453. The highest BCUT2D eigenvalue weighted by molar-refractivity contribution is 5.94. The second-order valence-corrected chi connectivity index (χ2v) is 4.44. The van der Waals surface area contributed by atoms with E-state index in [1.807, 2.05) is 0 Å². The van der Waals surface area contributed by atoms with Gasteiger partial charge >= 0.3 is 0 Å². The number of hydrogen-bond acceptors (Lipinski definition) is 5. The molecular formula is C15H12N4O3. The van der Waals surface area contributed by atoms with Crippen LogP contribution in [0, 0.1) is 0 Å². The summed E-state index contributed by atoms with van der Waals surface area (Å²) in [4.78, 5) is 11.9. The number of amides is 1. The van der Waals surface area contributed by atoms with Crippen LogP contribution in [0.15, 0.2) is 58.2 Å². The molecule has 7 nitrogen and oxygen atoms in total. The summed E-state index contributed by atoms with van der Waals surface area (Å²) in [7, 11) is 0. The number of carbonyl (C=O) groups excluding carboxylic acids is 1. The molecule has 0 aliphatic heterocycles. The van der Waals surface area contributed by atoms with E-state index in [0.717, 1.165) is 0 Å². The number of aromatic hydroxyl groups is 1. The number of phenols is 1. The quantitative estimate of drug-likeness (QED) is 0.507. The molecule has 2 aromatic heterocycles. The molecule has 110 valence electrons. The van der Waals surface area contributed by atoms with Crippen molar-refractivity contribution in [3.63, 3.8) is 0 Å². The number of aromatic nitrogens is 2. The van der Waals surface area contributed by atoms with E-state index in [9.17, 15) is 9.90 Å². The van der Waals surface area contributed by atoms with Crippen molar-refractivity contribution in [2.45, 2.75) is 0 Å². The molecule has 0 saturated carbocycles. The average molecular weight is 296 g/mol. The van der Waals surface area contributed by atoms with E-state index < -0.39 is 5.91 Å². The van der Waals surface area contributed by atoms with Crippen molar-refractivity contribution in [2.75, 3.05) is 0 Å². The minimum absolute atomic E-state index is 0.130. The third-order valence-corrected chi connectivity index (χ3v) is 2.85. The number of rotatable bonds is 4. The molecule has 0 saturated heterocycles. The van der Waals surface area contributed by atoms with Crippen LogP contribution in [0.4, 0.5) is 0 Å². The van der Waals surface area contributed by atoms with Gasteiger partial charge in [-0.25, -0.2) is 5.43 Å². The molecule has 3 N–H and O–H groups in total. The molecule has 0 fully saturated rings. The Balaban J connectivity index is 1.65. The number of carbonyl (C=O) groups is 1. The van der Waals surface area contributed by atoms with Crippen LogP contribution in [0.3, 0.4) is 0 Å². The molecule has 7 heteroatoms. The first-order valence-electron chi connectivity index (χ1n) is 6.44. The Hall–Kier alpha value is -3.35. The van der Waals surface area contributed by atoms with E-state index in [-0.39, 0.29) is 11.4 Å². The third kappa shape index (κ3) is 3.04. The zero-order valence-electron chi connectivity index (χ0n) is 11.4. The molecule has 0 unspecified atom stereocenters. The number of aromatic amines is 1. The van der Waals surface area contributed by atoms with Gasteiger partial charge in [-0.05, 0) is 29.8 Å². The van der Waals surface area contributed by atoms with Crippen molar-refractivity contribution in [1.82, 2.24) is 15.6 Å². The topological polar surface area (TPSA) is 104 Å². The van der Waals surface area contributed by atoms with Gasteiger partial charge in [0, 0.05) is 6.07 Å². The number of nitrogens with one attached hydrogen (secondary N) is 2. The van der Waals surface area contributed by atoms with Crippen molar-refractivity contribution < 1.29 is 14.3 Å². The molecule has 0 bridgehead atoms. The number of hydrazone groups is 1. The fourth-order valence-corrected chi connectivity index (χ4v) is 1.82. The number of furan rings is 1. The standard InChI is InChI=1S/C15H12N4O3/c20-11-4-1-3-10(7-11)9-16-19-15(21)13-8-12(17-18-13)14-5-2-6-22-14/h1-9,20H,(H,17,18)(H,19,21)/b16-9-. The Morgan fingerprint density at radius 2 is 2.23 bits per heavy atom. The van der Waals surface area contributed by atoms with Crippen LogP contribution < -0.4 is 5.43 Å². The van der Waals surface area contributed by atoms with Gasteiger partial charge in [0.1, 0.15) is 11.4 Å². The first kappa shape index (κ1) is 13.6. The number of benzene rings is 1. The molecule has 3 rings (SSSR count). The van der Waals surface area contributed by atoms with Crippen molar-refractivity contribution >= 4 is 12.1 Å².